The Morgan fingerprint density at radius 3 is 2.42 bits per heavy atom. The molecule has 0 saturated heterocycles. The SMILES string of the molecule is COCCNC(=O)[C@@H](C)OC(=O)CCNC(=O)c1ccc(Cl)cc1. The van der Waals surface area contributed by atoms with Crippen molar-refractivity contribution in [2.24, 2.45) is 0 Å². The topological polar surface area (TPSA) is 93.7 Å². The van der Waals surface area contributed by atoms with Crippen molar-refractivity contribution < 1.29 is 23.9 Å². The Morgan fingerprint density at radius 2 is 1.79 bits per heavy atom. The van der Waals surface area contributed by atoms with Gasteiger partial charge in [-0.3, -0.25) is 14.4 Å². The lowest BCUT2D eigenvalue weighted by atomic mass is 10.2. The van der Waals surface area contributed by atoms with Crippen molar-refractivity contribution in [2.45, 2.75) is 19.4 Å². The fourth-order valence-electron chi connectivity index (χ4n) is 1.71. The molecule has 24 heavy (non-hydrogen) atoms. The van der Waals surface area contributed by atoms with Crippen molar-refractivity contribution in [3.63, 3.8) is 0 Å². The molecule has 1 atom stereocenters. The molecule has 132 valence electrons. The number of rotatable bonds is 9. The highest BCUT2D eigenvalue weighted by Crippen LogP contribution is 2.09. The molecule has 1 rings (SSSR count). The van der Waals surface area contributed by atoms with E-state index >= 15 is 0 Å². The van der Waals surface area contributed by atoms with E-state index in [9.17, 15) is 14.4 Å². The van der Waals surface area contributed by atoms with Crippen molar-refractivity contribution >= 4 is 29.4 Å². The van der Waals surface area contributed by atoms with Gasteiger partial charge in [0.15, 0.2) is 6.10 Å². The van der Waals surface area contributed by atoms with Gasteiger partial charge in [0, 0.05) is 30.8 Å². The van der Waals surface area contributed by atoms with E-state index in [2.05, 4.69) is 10.6 Å². The molecule has 0 unspecified atom stereocenters. The molecule has 0 aliphatic rings. The quantitative estimate of drug-likeness (QED) is 0.511. The zero-order valence-electron chi connectivity index (χ0n) is 13.6. The summed E-state index contributed by atoms with van der Waals surface area (Å²) in [4.78, 5) is 35.1. The van der Waals surface area contributed by atoms with E-state index in [0.717, 1.165) is 0 Å². The summed E-state index contributed by atoms with van der Waals surface area (Å²) in [6.45, 7) is 2.31. The highest BCUT2D eigenvalue weighted by molar-refractivity contribution is 6.30. The Morgan fingerprint density at radius 1 is 1.12 bits per heavy atom. The molecule has 7 nitrogen and oxygen atoms in total. The van der Waals surface area contributed by atoms with Crippen LogP contribution in [0.2, 0.25) is 5.02 Å². The number of amides is 2. The summed E-state index contributed by atoms with van der Waals surface area (Å²) < 4.78 is 9.79. The molecule has 8 heteroatoms. The van der Waals surface area contributed by atoms with E-state index in [4.69, 9.17) is 21.1 Å². The van der Waals surface area contributed by atoms with Gasteiger partial charge in [-0.1, -0.05) is 11.6 Å². The first-order chi connectivity index (χ1) is 11.4. The van der Waals surface area contributed by atoms with E-state index in [1.165, 1.54) is 14.0 Å². The minimum Gasteiger partial charge on any atom is -0.452 e. The maximum absolute atomic E-state index is 11.8. The van der Waals surface area contributed by atoms with Gasteiger partial charge in [0.25, 0.3) is 11.8 Å². The lowest BCUT2D eigenvalue weighted by Crippen LogP contribution is -2.38. The molecule has 0 bridgehead atoms. The van der Waals surface area contributed by atoms with Crippen LogP contribution in [0.15, 0.2) is 24.3 Å². The van der Waals surface area contributed by atoms with Gasteiger partial charge >= 0.3 is 5.97 Å². The first-order valence-electron chi connectivity index (χ1n) is 7.44. The van der Waals surface area contributed by atoms with E-state index in [0.29, 0.717) is 23.7 Å². The summed E-state index contributed by atoms with van der Waals surface area (Å²) in [5.74, 6) is -1.28. The second kappa shape index (κ2) is 10.6. The number of halogens is 1. The average molecular weight is 357 g/mol. The number of ether oxygens (including phenoxy) is 2. The highest BCUT2D eigenvalue weighted by atomic mass is 35.5. The predicted molar refractivity (Wildman–Crippen MR) is 88.8 cm³/mol. The third-order valence-corrected chi connectivity index (χ3v) is 3.26. The van der Waals surface area contributed by atoms with Gasteiger partial charge in [0.05, 0.1) is 13.0 Å². The number of methoxy groups -OCH3 is 1. The van der Waals surface area contributed by atoms with Crippen molar-refractivity contribution in [3.8, 4) is 0 Å². The van der Waals surface area contributed by atoms with Crippen molar-refractivity contribution in [2.75, 3.05) is 26.8 Å². The molecule has 0 aromatic heterocycles. The molecule has 0 radical (unpaired) electrons. The largest absolute Gasteiger partial charge is 0.452 e. The summed E-state index contributed by atoms with van der Waals surface area (Å²) in [7, 11) is 1.52. The molecule has 1 aromatic carbocycles. The summed E-state index contributed by atoms with van der Waals surface area (Å²) in [6, 6.07) is 6.38. The van der Waals surface area contributed by atoms with Crippen LogP contribution in [-0.4, -0.2) is 50.7 Å². The van der Waals surface area contributed by atoms with Crippen LogP contribution in [0.3, 0.4) is 0 Å². The molecule has 0 aliphatic carbocycles. The monoisotopic (exact) mass is 356 g/mol. The number of benzene rings is 1. The summed E-state index contributed by atoms with van der Waals surface area (Å²) >= 11 is 5.74. The first-order valence-corrected chi connectivity index (χ1v) is 7.81. The predicted octanol–water partition coefficient (Wildman–Crippen LogP) is 1.15. The minimum atomic E-state index is -0.902. The van der Waals surface area contributed by atoms with Crippen LogP contribution in [0.1, 0.15) is 23.7 Å². The molecule has 1 aromatic rings. The molecular formula is C16H21ClN2O5. The Balaban J connectivity index is 2.26. The molecule has 2 N–H and O–H groups in total. The van der Waals surface area contributed by atoms with Crippen LogP contribution in [-0.2, 0) is 19.1 Å². The fourth-order valence-corrected chi connectivity index (χ4v) is 1.84. The number of esters is 1. The summed E-state index contributed by atoms with van der Waals surface area (Å²) in [6.07, 6.45) is -0.934. The van der Waals surface area contributed by atoms with Crippen LogP contribution >= 0.6 is 11.6 Å². The van der Waals surface area contributed by atoms with Crippen LogP contribution in [0.25, 0.3) is 0 Å². The van der Waals surface area contributed by atoms with Gasteiger partial charge in [-0.25, -0.2) is 0 Å². The number of carbonyl (C=O) groups is 3. The molecular weight excluding hydrogens is 336 g/mol. The zero-order valence-corrected chi connectivity index (χ0v) is 14.4. The fraction of sp³-hybridized carbons (Fsp3) is 0.438. The highest BCUT2D eigenvalue weighted by Gasteiger charge is 2.17. The van der Waals surface area contributed by atoms with E-state index in [1.54, 1.807) is 24.3 Å². The molecule has 0 heterocycles. The lowest BCUT2D eigenvalue weighted by molar-refractivity contribution is -0.154. The second-order valence-electron chi connectivity index (χ2n) is 4.93. The van der Waals surface area contributed by atoms with E-state index in [1.807, 2.05) is 0 Å². The summed E-state index contributed by atoms with van der Waals surface area (Å²) in [5, 5.41) is 5.70. The minimum absolute atomic E-state index is 0.0327. The molecule has 2 amide bonds. The molecule has 0 aliphatic heterocycles. The number of nitrogens with one attached hydrogen (secondary N) is 2. The van der Waals surface area contributed by atoms with Crippen LogP contribution in [0, 0.1) is 0 Å². The molecule has 0 saturated carbocycles. The lowest BCUT2D eigenvalue weighted by Gasteiger charge is -2.13. The third-order valence-electron chi connectivity index (χ3n) is 3.00. The standard InChI is InChI=1S/C16H21ClN2O5/c1-11(15(21)19-9-10-23-2)24-14(20)7-8-18-16(22)12-3-5-13(17)6-4-12/h3-6,11H,7-10H2,1-2H3,(H,18,22)(H,19,21)/t11-/m1/s1. The Hall–Kier alpha value is -2.12. The van der Waals surface area contributed by atoms with Gasteiger partial charge < -0.3 is 20.1 Å². The zero-order chi connectivity index (χ0) is 17.9. The number of hydrogen-bond acceptors (Lipinski definition) is 5. The Bertz CT molecular complexity index is 562. The van der Waals surface area contributed by atoms with E-state index in [-0.39, 0.29) is 18.9 Å². The first kappa shape index (κ1) is 19.9. The average Bonchev–Trinajstić information content (AvgIpc) is 2.55. The van der Waals surface area contributed by atoms with Gasteiger partial charge in [-0.15, -0.1) is 0 Å². The Kier molecular flexibility index (Phi) is 8.81. The third kappa shape index (κ3) is 7.43. The van der Waals surface area contributed by atoms with Crippen LogP contribution in [0.5, 0.6) is 0 Å². The summed E-state index contributed by atoms with van der Waals surface area (Å²) in [5.41, 5.74) is 0.443. The second-order valence-corrected chi connectivity index (χ2v) is 5.37. The normalized spacial score (nSPS) is 11.5. The van der Waals surface area contributed by atoms with Gasteiger partial charge in [0.2, 0.25) is 0 Å². The van der Waals surface area contributed by atoms with Crippen molar-refractivity contribution in [1.29, 1.82) is 0 Å². The maximum Gasteiger partial charge on any atom is 0.308 e. The van der Waals surface area contributed by atoms with Crippen molar-refractivity contribution in [3.05, 3.63) is 34.9 Å². The smallest absolute Gasteiger partial charge is 0.308 e. The van der Waals surface area contributed by atoms with Gasteiger partial charge in [0.1, 0.15) is 0 Å². The molecule has 0 fully saturated rings. The number of carbonyl (C=O) groups excluding carboxylic acids is 3. The Labute approximate surface area is 145 Å². The van der Waals surface area contributed by atoms with Gasteiger partial charge in [-0.2, -0.15) is 0 Å². The maximum atomic E-state index is 11.8. The van der Waals surface area contributed by atoms with Crippen molar-refractivity contribution in [1.82, 2.24) is 10.6 Å². The van der Waals surface area contributed by atoms with Gasteiger partial charge in [-0.05, 0) is 31.2 Å². The van der Waals surface area contributed by atoms with Crippen LogP contribution < -0.4 is 10.6 Å². The number of hydrogen-bond donors (Lipinski definition) is 2. The van der Waals surface area contributed by atoms with E-state index < -0.39 is 18.0 Å². The van der Waals surface area contributed by atoms with Crippen LogP contribution in [0.4, 0.5) is 0 Å². The molecule has 0 spiro atoms.